The number of halogens is 3. The van der Waals surface area contributed by atoms with Crippen LogP contribution >= 0.6 is 36.4 Å². The van der Waals surface area contributed by atoms with Crippen molar-refractivity contribution in [3.63, 3.8) is 0 Å². The largest absolute Gasteiger partial charge is 0.289 e. The zero-order chi connectivity index (χ0) is 18.3. The van der Waals surface area contributed by atoms with Crippen molar-refractivity contribution in [2.45, 2.75) is 33.2 Å². The van der Waals surface area contributed by atoms with Crippen LogP contribution in [0.25, 0.3) is 0 Å². The number of carbonyl (C=O) groups excluding carboxylic acids is 2. The lowest BCUT2D eigenvalue weighted by atomic mass is 9.96. The van der Waals surface area contributed by atoms with Crippen molar-refractivity contribution in [1.82, 2.24) is 5.43 Å². The fraction of sp³-hybridized carbons (Fsp3) is 0.263. The molecule has 0 aliphatic rings. The van der Waals surface area contributed by atoms with Crippen molar-refractivity contribution in [1.29, 1.82) is 0 Å². The van der Waals surface area contributed by atoms with Crippen LogP contribution in [-0.4, -0.2) is 16.6 Å². The molecule has 0 atom stereocenters. The van der Waals surface area contributed by atoms with Crippen molar-refractivity contribution in [3.05, 3.63) is 70.8 Å². The molecule has 4 nitrogen and oxygen atoms in total. The molecule has 0 amide bonds. The summed E-state index contributed by atoms with van der Waals surface area (Å²) in [6, 6.07) is 13.8. The van der Waals surface area contributed by atoms with Crippen molar-refractivity contribution >= 4 is 47.4 Å². The highest BCUT2D eigenvalue weighted by Crippen LogP contribution is 2.18. The number of hydrogen-bond acceptors (Lipinski definition) is 4. The summed E-state index contributed by atoms with van der Waals surface area (Å²) in [6.07, 6.45) is 0. The molecular weight excluding hydrogens is 395 g/mol. The van der Waals surface area contributed by atoms with E-state index < -0.39 is 5.24 Å². The van der Waals surface area contributed by atoms with Crippen LogP contribution in [0.4, 0.5) is 0 Å². The van der Waals surface area contributed by atoms with Gasteiger partial charge >= 0.3 is 0 Å². The van der Waals surface area contributed by atoms with Gasteiger partial charge in [0.25, 0.3) is 5.24 Å². The molecule has 2 aromatic rings. The minimum atomic E-state index is -0.618. The van der Waals surface area contributed by atoms with Gasteiger partial charge in [0.1, 0.15) is 0 Å². The summed E-state index contributed by atoms with van der Waals surface area (Å²) in [7, 11) is 0. The average Bonchev–Trinajstić information content (AvgIpc) is 2.54. The lowest BCUT2D eigenvalue weighted by Crippen LogP contribution is -2.41. The lowest BCUT2D eigenvalue weighted by Gasteiger charge is -2.14. The quantitative estimate of drug-likeness (QED) is 0.327. The van der Waals surface area contributed by atoms with E-state index in [2.05, 4.69) is 5.43 Å². The molecule has 0 unspecified atom stereocenters. The number of nitrogens with two attached hydrogens (primary N) is 1. The first-order valence-corrected chi connectivity index (χ1v) is 7.92. The van der Waals surface area contributed by atoms with E-state index in [-0.39, 0.29) is 41.7 Å². The number of ketones is 1. The number of benzene rings is 2. The van der Waals surface area contributed by atoms with Crippen LogP contribution in [0.1, 0.15) is 52.6 Å². The monoisotopic (exact) mass is 418 g/mol. The maximum atomic E-state index is 12.4. The molecule has 7 heteroatoms. The number of hydrazine groups is 1. The van der Waals surface area contributed by atoms with E-state index in [1.807, 2.05) is 39.8 Å². The van der Waals surface area contributed by atoms with Gasteiger partial charge in [-0.05, 0) is 50.9 Å². The minimum Gasteiger partial charge on any atom is -0.289 e. The zero-order valence-corrected chi connectivity index (χ0v) is 17.6. The molecule has 0 saturated heterocycles. The van der Waals surface area contributed by atoms with E-state index in [0.29, 0.717) is 11.1 Å². The van der Waals surface area contributed by atoms with Gasteiger partial charge in [-0.25, -0.2) is 0 Å². The molecule has 0 spiro atoms. The van der Waals surface area contributed by atoms with Gasteiger partial charge in [-0.2, -0.15) is 0 Å². The zero-order valence-electron chi connectivity index (χ0n) is 15.2. The Kier molecular flexibility index (Phi) is 12.4. The Labute approximate surface area is 172 Å². The van der Waals surface area contributed by atoms with E-state index in [4.69, 9.17) is 17.4 Å². The first-order valence-electron chi connectivity index (χ1n) is 7.54. The molecule has 0 radical (unpaired) electrons. The van der Waals surface area contributed by atoms with Crippen LogP contribution < -0.4 is 11.3 Å². The Balaban J connectivity index is 0. The van der Waals surface area contributed by atoms with Crippen LogP contribution in [0.5, 0.6) is 0 Å². The van der Waals surface area contributed by atoms with E-state index in [0.717, 1.165) is 5.56 Å². The van der Waals surface area contributed by atoms with Crippen molar-refractivity contribution in [2.75, 3.05) is 0 Å². The van der Waals surface area contributed by atoms with E-state index >= 15 is 0 Å². The molecular formula is C19H25Cl3N2O2. The molecule has 0 aliphatic carbocycles. The van der Waals surface area contributed by atoms with Gasteiger partial charge in [-0.3, -0.25) is 20.9 Å². The third kappa shape index (κ3) is 8.30. The van der Waals surface area contributed by atoms with Crippen molar-refractivity contribution in [3.8, 4) is 0 Å². The van der Waals surface area contributed by atoms with Gasteiger partial charge in [0.2, 0.25) is 0 Å². The summed E-state index contributed by atoms with van der Waals surface area (Å²) >= 11 is 5.49. The second-order valence-electron chi connectivity index (χ2n) is 6.36. The predicted molar refractivity (Wildman–Crippen MR) is 113 cm³/mol. The fourth-order valence-corrected chi connectivity index (χ4v) is 1.99. The van der Waals surface area contributed by atoms with E-state index in [1.165, 1.54) is 0 Å². The maximum absolute atomic E-state index is 12.4. The summed E-state index contributed by atoms with van der Waals surface area (Å²) in [5.41, 5.74) is 4.72. The smallest absolute Gasteiger partial charge is 0.253 e. The van der Waals surface area contributed by atoms with Crippen LogP contribution in [0.15, 0.2) is 48.5 Å². The van der Waals surface area contributed by atoms with Gasteiger partial charge in [0.15, 0.2) is 5.78 Å². The first-order chi connectivity index (χ1) is 11.2. The third-order valence-electron chi connectivity index (χ3n) is 3.21. The highest BCUT2D eigenvalue weighted by atomic mass is 35.5. The Hall–Kier alpha value is -1.43. The van der Waals surface area contributed by atoms with E-state index in [9.17, 15) is 9.59 Å². The van der Waals surface area contributed by atoms with Gasteiger partial charge in [0, 0.05) is 22.2 Å². The highest BCUT2D eigenvalue weighted by molar-refractivity contribution is 6.68. The van der Waals surface area contributed by atoms with Gasteiger partial charge in [0.05, 0.1) is 0 Å². The Bertz CT molecular complexity index is 729. The van der Waals surface area contributed by atoms with Crippen molar-refractivity contribution < 1.29 is 9.59 Å². The first kappa shape index (κ1) is 26.8. The van der Waals surface area contributed by atoms with Gasteiger partial charge in [-0.1, -0.05) is 42.5 Å². The number of carbonyl (C=O) groups is 2. The number of hydrogen-bond donors (Lipinski definition) is 2. The second-order valence-corrected chi connectivity index (χ2v) is 6.70. The van der Waals surface area contributed by atoms with Crippen LogP contribution in [0.2, 0.25) is 0 Å². The summed E-state index contributed by atoms with van der Waals surface area (Å²) in [6.45, 7) is 7.88. The molecule has 0 fully saturated rings. The number of rotatable bonds is 3. The SMILES string of the molecule is CC(C)(C)NN.Cc1ccccc1C(=O)c1ccccc1C(=O)Cl.Cl.Cl. The summed E-state index contributed by atoms with van der Waals surface area (Å²) in [5, 5.41) is -0.618. The lowest BCUT2D eigenvalue weighted by molar-refractivity contribution is 0.102. The fourth-order valence-electron chi connectivity index (χ4n) is 1.83. The molecule has 0 aromatic heterocycles. The molecule has 2 rings (SSSR count). The normalized spacial score (nSPS) is 9.77. The minimum absolute atomic E-state index is 0. The van der Waals surface area contributed by atoms with Crippen molar-refractivity contribution in [2.24, 2.45) is 5.84 Å². The van der Waals surface area contributed by atoms with Gasteiger partial charge in [-0.15, -0.1) is 24.8 Å². The number of aryl methyl sites for hydroxylation is 1. The molecule has 2 aromatic carbocycles. The number of nitrogens with one attached hydrogen (secondary N) is 1. The van der Waals surface area contributed by atoms with E-state index in [1.54, 1.807) is 36.4 Å². The maximum Gasteiger partial charge on any atom is 0.253 e. The Morgan fingerprint density at radius 2 is 1.27 bits per heavy atom. The summed E-state index contributed by atoms with van der Waals surface area (Å²) in [5.74, 6) is 4.87. The molecule has 0 aliphatic heterocycles. The average molecular weight is 420 g/mol. The standard InChI is InChI=1S/C15H11ClO2.C4H12N2.2ClH/c1-10-6-2-3-7-11(10)14(17)12-8-4-5-9-13(12)15(16)18;1-4(2,3)6-5;;/h2-9H,1H3;6H,5H2,1-3H3;2*1H. The molecule has 0 bridgehead atoms. The molecule has 3 N–H and O–H groups in total. The molecule has 26 heavy (non-hydrogen) atoms. The summed E-state index contributed by atoms with van der Waals surface area (Å²) < 4.78 is 0. The second kappa shape index (κ2) is 12.0. The van der Waals surface area contributed by atoms with Crippen LogP contribution in [0, 0.1) is 6.92 Å². The van der Waals surface area contributed by atoms with Crippen LogP contribution in [-0.2, 0) is 0 Å². The third-order valence-corrected chi connectivity index (χ3v) is 3.41. The molecule has 144 valence electrons. The predicted octanol–water partition coefficient (Wildman–Crippen LogP) is 4.70. The topological polar surface area (TPSA) is 72.2 Å². The Morgan fingerprint density at radius 3 is 1.65 bits per heavy atom. The molecule has 0 saturated carbocycles. The molecule has 0 heterocycles. The summed E-state index contributed by atoms with van der Waals surface area (Å²) in [4.78, 5) is 23.7. The van der Waals surface area contributed by atoms with Gasteiger partial charge < -0.3 is 0 Å². The van der Waals surface area contributed by atoms with Crippen LogP contribution in [0.3, 0.4) is 0 Å². The Morgan fingerprint density at radius 1 is 0.885 bits per heavy atom. The highest BCUT2D eigenvalue weighted by Gasteiger charge is 2.17.